The quantitative estimate of drug-likeness (QED) is 0.778. The van der Waals surface area contributed by atoms with Crippen LogP contribution in [0.5, 0.6) is 0 Å². The molecule has 0 saturated carbocycles. The summed E-state index contributed by atoms with van der Waals surface area (Å²) in [5.41, 5.74) is 2.17. The molecule has 88 valence electrons. The van der Waals surface area contributed by atoms with Gasteiger partial charge in [0.15, 0.2) is 0 Å². The zero-order valence-corrected chi connectivity index (χ0v) is 10.4. The number of benzene rings is 1. The lowest BCUT2D eigenvalue weighted by Crippen LogP contribution is -2.18. The van der Waals surface area contributed by atoms with Crippen molar-refractivity contribution in [1.29, 1.82) is 0 Å². The molecular formula is C13H14ClN3. The van der Waals surface area contributed by atoms with E-state index in [0.717, 1.165) is 12.1 Å². The molecule has 0 aliphatic carbocycles. The third kappa shape index (κ3) is 3.17. The van der Waals surface area contributed by atoms with Crippen LogP contribution >= 0.6 is 11.6 Å². The molecule has 0 aliphatic heterocycles. The largest absolute Gasteiger partial charge is 0.340 e. The monoisotopic (exact) mass is 247 g/mol. The molecule has 0 unspecified atom stereocenters. The lowest BCUT2D eigenvalue weighted by atomic mass is 10.2. The minimum atomic E-state index is 0.447. The first-order valence-corrected chi connectivity index (χ1v) is 5.95. The lowest BCUT2D eigenvalue weighted by molar-refractivity contribution is 0.863. The summed E-state index contributed by atoms with van der Waals surface area (Å²) in [6, 6.07) is 10.2. The Morgan fingerprint density at radius 1 is 1.06 bits per heavy atom. The van der Waals surface area contributed by atoms with Gasteiger partial charge in [-0.3, -0.25) is 0 Å². The van der Waals surface area contributed by atoms with Crippen LogP contribution < -0.4 is 4.90 Å². The van der Waals surface area contributed by atoms with Gasteiger partial charge >= 0.3 is 0 Å². The normalized spacial score (nSPS) is 10.2. The fraction of sp³-hybridized carbons (Fsp3) is 0.231. The molecule has 0 saturated heterocycles. The maximum absolute atomic E-state index is 5.69. The van der Waals surface area contributed by atoms with E-state index in [2.05, 4.69) is 22.1 Å². The molecule has 0 amide bonds. The number of alkyl halides is 1. The van der Waals surface area contributed by atoms with Crippen molar-refractivity contribution in [2.75, 3.05) is 11.9 Å². The predicted molar refractivity (Wildman–Crippen MR) is 70.1 cm³/mol. The molecule has 3 nitrogen and oxygen atoms in total. The van der Waals surface area contributed by atoms with Crippen molar-refractivity contribution < 1.29 is 0 Å². The maximum atomic E-state index is 5.69. The predicted octanol–water partition coefficient (Wildman–Crippen LogP) is 2.85. The van der Waals surface area contributed by atoms with Gasteiger partial charge in [0.25, 0.3) is 0 Å². The van der Waals surface area contributed by atoms with Gasteiger partial charge in [-0.25, -0.2) is 9.97 Å². The summed E-state index contributed by atoms with van der Waals surface area (Å²) in [7, 11) is 1.97. The van der Waals surface area contributed by atoms with Gasteiger partial charge in [-0.05, 0) is 5.56 Å². The Morgan fingerprint density at radius 3 is 2.29 bits per heavy atom. The van der Waals surface area contributed by atoms with Crippen LogP contribution in [-0.4, -0.2) is 17.0 Å². The smallest absolute Gasteiger partial charge is 0.225 e. The van der Waals surface area contributed by atoms with Gasteiger partial charge in [0.2, 0.25) is 5.95 Å². The van der Waals surface area contributed by atoms with E-state index in [-0.39, 0.29) is 0 Å². The average molecular weight is 248 g/mol. The summed E-state index contributed by atoms with van der Waals surface area (Å²) in [6.45, 7) is 0.793. The van der Waals surface area contributed by atoms with Crippen LogP contribution in [0.1, 0.15) is 11.1 Å². The summed E-state index contributed by atoms with van der Waals surface area (Å²) in [4.78, 5) is 10.6. The molecule has 0 radical (unpaired) electrons. The van der Waals surface area contributed by atoms with Crippen LogP contribution in [-0.2, 0) is 12.4 Å². The minimum Gasteiger partial charge on any atom is -0.340 e. The van der Waals surface area contributed by atoms with Crippen LogP contribution in [0, 0.1) is 0 Å². The number of hydrogen-bond donors (Lipinski definition) is 0. The van der Waals surface area contributed by atoms with Gasteiger partial charge in [-0.2, -0.15) is 0 Å². The Labute approximate surface area is 106 Å². The topological polar surface area (TPSA) is 29.0 Å². The second-order valence-corrected chi connectivity index (χ2v) is 4.13. The molecule has 2 aromatic rings. The second kappa shape index (κ2) is 5.64. The Bertz CT molecular complexity index is 456. The van der Waals surface area contributed by atoms with E-state index in [1.54, 1.807) is 12.4 Å². The Hall–Kier alpha value is -1.61. The van der Waals surface area contributed by atoms with Gasteiger partial charge in [0.1, 0.15) is 0 Å². The van der Waals surface area contributed by atoms with Crippen molar-refractivity contribution in [3.05, 3.63) is 53.9 Å². The first-order chi connectivity index (χ1) is 8.29. The fourth-order valence-corrected chi connectivity index (χ4v) is 1.68. The number of anilines is 1. The molecule has 2 rings (SSSR count). The van der Waals surface area contributed by atoms with E-state index in [1.807, 2.05) is 30.1 Å². The fourth-order valence-electron chi connectivity index (χ4n) is 1.54. The van der Waals surface area contributed by atoms with Crippen molar-refractivity contribution in [2.45, 2.75) is 12.4 Å². The molecule has 0 bridgehead atoms. The van der Waals surface area contributed by atoms with E-state index < -0.39 is 0 Å². The highest BCUT2D eigenvalue weighted by atomic mass is 35.5. The Kier molecular flexibility index (Phi) is 3.94. The number of aromatic nitrogens is 2. The summed E-state index contributed by atoms with van der Waals surface area (Å²) in [6.07, 6.45) is 3.52. The van der Waals surface area contributed by atoms with Crippen LogP contribution in [0.4, 0.5) is 5.95 Å². The molecule has 0 atom stereocenters. The van der Waals surface area contributed by atoms with E-state index in [4.69, 9.17) is 11.6 Å². The molecule has 0 fully saturated rings. The molecule has 4 heteroatoms. The van der Waals surface area contributed by atoms with Crippen molar-refractivity contribution >= 4 is 17.5 Å². The van der Waals surface area contributed by atoms with Crippen LogP contribution in [0.15, 0.2) is 42.7 Å². The third-order valence-electron chi connectivity index (χ3n) is 2.45. The highest BCUT2D eigenvalue weighted by Gasteiger charge is 2.04. The summed E-state index contributed by atoms with van der Waals surface area (Å²) in [5, 5.41) is 0. The summed E-state index contributed by atoms with van der Waals surface area (Å²) in [5.74, 6) is 1.16. The highest BCUT2D eigenvalue weighted by molar-refractivity contribution is 6.17. The molecular weight excluding hydrogens is 234 g/mol. The Balaban J connectivity index is 2.06. The molecule has 1 heterocycles. The molecule has 17 heavy (non-hydrogen) atoms. The highest BCUT2D eigenvalue weighted by Crippen LogP contribution is 2.10. The average Bonchev–Trinajstić information content (AvgIpc) is 2.40. The molecule has 1 aromatic carbocycles. The van der Waals surface area contributed by atoms with E-state index >= 15 is 0 Å². The SMILES string of the molecule is CN(Cc1ccccc1)c1ncc(CCl)cn1. The van der Waals surface area contributed by atoms with Crippen LogP contribution in [0.3, 0.4) is 0 Å². The van der Waals surface area contributed by atoms with Gasteiger partial charge in [-0.1, -0.05) is 30.3 Å². The van der Waals surface area contributed by atoms with Crippen molar-refractivity contribution in [1.82, 2.24) is 9.97 Å². The van der Waals surface area contributed by atoms with E-state index in [1.165, 1.54) is 5.56 Å². The maximum Gasteiger partial charge on any atom is 0.225 e. The first-order valence-electron chi connectivity index (χ1n) is 5.41. The van der Waals surface area contributed by atoms with Crippen LogP contribution in [0.25, 0.3) is 0 Å². The van der Waals surface area contributed by atoms with Gasteiger partial charge < -0.3 is 4.90 Å². The standard InChI is InChI=1S/C13H14ClN3/c1-17(10-11-5-3-2-4-6-11)13-15-8-12(7-14)9-16-13/h2-6,8-9H,7,10H2,1H3. The van der Waals surface area contributed by atoms with Crippen LogP contribution in [0.2, 0.25) is 0 Å². The second-order valence-electron chi connectivity index (χ2n) is 3.87. The number of hydrogen-bond acceptors (Lipinski definition) is 3. The Morgan fingerprint density at radius 2 is 1.71 bits per heavy atom. The van der Waals surface area contributed by atoms with Gasteiger partial charge in [0.05, 0.1) is 5.88 Å². The minimum absolute atomic E-state index is 0.447. The van der Waals surface area contributed by atoms with Gasteiger partial charge in [-0.15, -0.1) is 11.6 Å². The van der Waals surface area contributed by atoms with E-state index in [9.17, 15) is 0 Å². The van der Waals surface area contributed by atoms with E-state index in [0.29, 0.717) is 11.8 Å². The number of halogens is 1. The zero-order chi connectivity index (χ0) is 12.1. The first kappa shape index (κ1) is 11.9. The molecule has 1 aromatic heterocycles. The summed E-state index contributed by atoms with van der Waals surface area (Å²) < 4.78 is 0. The van der Waals surface area contributed by atoms with Gasteiger partial charge in [0, 0.05) is 31.5 Å². The van der Waals surface area contributed by atoms with Crippen molar-refractivity contribution in [3.8, 4) is 0 Å². The molecule has 0 aliphatic rings. The number of rotatable bonds is 4. The number of nitrogens with zero attached hydrogens (tertiary/aromatic N) is 3. The molecule has 0 spiro atoms. The zero-order valence-electron chi connectivity index (χ0n) is 9.68. The molecule has 0 N–H and O–H groups in total. The van der Waals surface area contributed by atoms with Crippen molar-refractivity contribution in [3.63, 3.8) is 0 Å². The third-order valence-corrected chi connectivity index (χ3v) is 2.76. The lowest BCUT2D eigenvalue weighted by Gasteiger charge is -2.16. The summed E-state index contributed by atoms with van der Waals surface area (Å²) >= 11 is 5.69. The van der Waals surface area contributed by atoms with Crippen molar-refractivity contribution in [2.24, 2.45) is 0 Å².